The molecular formula is C15H12ClNO4S2. The number of fused-ring (bicyclic) bond motifs is 1. The molecule has 1 heterocycles. The number of rotatable bonds is 3. The summed E-state index contributed by atoms with van der Waals surface area (Å²) in [5.74, 6) is 0. The molecule has 3 rings (SSSR count). The third-order valence-electron chi connectivity index (χ3n) is 3.53. The molecule has 0 saturated heterocycles. The van der Waals surface area contributed by atoms with Crippen LogP contribution in [0.4, 0.5) is 0 Å². The van der Waals surface area contributed by atoms with Gasteiger partial charge in [0.15, 0.2) is 5.03 Å². The number of aryl methyl sites for hydroxylation is 1. The average molecular weight is 370 g/mol. The second-order valence-corrected chi connectivity index (χ2v) is 8.03. The number of hydrogen-bond donors (Lipinski definition) is 1. The first kappa shape index (κ1) is 16.2. The van der Waals surface area contributed by atoms with Gasteiger partial charge in [-0.3, -0.25) is 0 Å². The maximum absolute atomic E-state index is 13.0. The molecule has 5 nitrogen and oxygen atoms in total. The Labute approximate surface area is 140 Å². The maximum Gasteiger partial charge on any atom is 0.269 e. The van der Waals surface area contributed by atoms with E-state index in [4.69, 9.17) is 11.6 Å². The third-order valence-corrected chi connectivity index (χ3v) is 6.43. The first-order chi connectivity index (χ1) is 10.8. The minimum Gasteiger partial charge on any atom is -0.301 e. The van der Waals surface area contributed by atoms with Crippen molar-refractivity contribution in [2.45, 2.75) is 16.8 Å². The van der Waals surface area contributed by atoms with Gasteiger partial charge in [0.05, 0.1) is 10.4 Å². The predicted octanol–water partition coefficient (Wildman–Crippen LogP) is 3.42. The zero-order valence-electron chi connectivity index (χ0n) is 11.9. The van der Waals surface area contributed by atoms with Gasteiger partial charge in [-0.2, -0.15) is 0 Å². The third kappa shape index (κ3) is 2.59. The Morgan fingerprint density at radius 2 is 1.78 bits per heavy atom. The summed E-state index contributed by atoms with van der Waals surface area (Å²) in [6.45, 7) is 1.60. The fourth-order valence-electron chi connectivity index (χ4n) is 2.50. The van der Waals surface area contributed by atoms with E-state index in [0.29, 0.717) is 21.5 Å². The molecule has 0 amide bonds. The summed E-state index contributed by atoms with van der Waals surface area (Å²) >= 11 is 3.50. The van der Waals surface area contributed by atoms with Crippen molar-refractivity contribution in [2.75, 3.05) is 0 Å². The highest BCUT2D eigenvalue weighted by Crippen LogP contribution is 2.33. The Balaban J connectivity index is 2.46. The van der Waals surface area contributed by atoms with Crippen molar-refractivity contribution >= 4 is 43.6 Å². The van der Waals surface area contributed by atoms with Gasteiger partial charge in [-0.1, -0.05) is 29.8 Å². The SMILES string of the molecule is Cc1c(S(=O)O)n(S(=O)(=O)c2ccccc2)c2ccc(Cl)cc12. The molecule has 3 aromatic rings. The van der Waals surface area contributed by atoms with Crippen LogP contribution in [0.15, 0.2) is 58.5 Å². The lowest BCUT2D eigenvalue weighted by molar-refractivity contribution is 0.552. The van der Waals surface area contributed by atoms with Gasteiger partial charge < -0.3 is 4.55 Å². The average Bonchev–Trinajstić information content (AvgIpc) is 2.81. The summed E-state index contributed by atoms with van der Waals surface area (Å²) in [5, 5.41) is 0.769. The topological polar surface area (TPSA) is 76.4 Å². The van der Waals surface area contributed by atoms with Crippen molar-refractivity contribution in [3.05, 3.63) is 59.1 Å². The molecule has 0 aliphatic rings. The van der Waals surface area contributed by atoms with Crippen LogP contribution in [0.25, 0.3) is 10.9 Å². The van der Waals surface area contributed by atoms with Crippen LogP contribution < -0.4 is 0 Å². The van der Waals surface area contributed by atoms with Crippen molar-refractivity contribution < 1.29 is 17.2 Å². The first-order valence-corrected chi connectivity index (χ1v) is 9.48. The molecule has 1 unspecified atom stereocenters. The van der Waals surface area contributed by atoms with E-state index in [9.17, 15) is 17.2 Å². The number of halogens is 1. The van der Waals surface area contributed by atoms with Crippen molar-refractivity contribution in [2.24, 2.45) is 0 Å². The van der Waals surface area contributed by atoms with Gasteiger partial charge >= 0.3 is 0 Å². The van der Waals surface area contributed by atoms with Crippen LogP contribution in [0.2, 0.25) is 5.02 Å². The smallest absolute Gasteiger partial charge is 0.269 e. The maximum atomic E-state index is 13.0. The van der Waals surface area contributed by atoms with Gasteiger partial charge in [-0.15, -0.1) is 0 Å². The predicted molar refractivity (Wildman–Crippen MR) is 89.7 cm³/mol. The number of hydrogen-bond acceptors (Lipinski definition) is 3. The summed E-state index contributed by atoms with van der Waals surface area (Å²) < 4.78 is 48.2. The number of aromatic nitrogens is 1. The molecule has 120 valence electrons. The Morgan fingerprint density at radius 1 is 1.13 bits per heavy atom. The summed E-state index contributed by atoms with van der Waals surface area (Å²) in [6, 6.07) is 12.4. The zero-order valence-corrected chi connectivity index (χ0v) is 14.3. The summed E-state index contributed by atoms with van der Waals surface area (Å²) in [7, 11) is -4.01. The Hall–Kier alpha value is -1.67. The standard InChI is InChI=1S/C15H12ClNO4S2/c1-10-13-9-11(16)7-8-14(13)17(15(10)22(18)19)23(20,21)12-5-3-2-4-6-12/h2-9H,1H3,(H,18,19). The highest BCUT2D eigenvalue weighted by atomic mass is 35.5. The molecule has 0 fully saturated rings. The van der Waals surface area contributed by atoms with E-state index in [-0.39, 0.29) is 9.92 Å². The minimum atomic E-state index is -4.01. The largest absolute Gasteiger partial charge is 0.301 e. The van der Waals surface area contributed by atoms with Crippen molar-refractivity contribution in [1.82, 2.24) is 3.97 Å². The molecule has 1 aromatic heterocycles. The van der Waals surface area contributed by atoms with Crippen LogP contribution in [-0.4, -0.2) is 21.2 Å². The molecular weight excluding hydrogens is 358 g/mol. The second kappa shape index (κ2) is 5.76. The summed E-state index contributed by atoms with van der Waals surface area (Å²) in [4.78, 5) is 0.0403. The molecule has 0 spiro atoms. The fraction of sp³-hybridized carbons (Fsp3) is 0.0667. The molecule has 0 saturated carbocycles. The normalized spacial score (nSPS) is 13.3. The Morgan fingerprint density at radius 3 is 2.39 bits per heavy atom. The lowest BCUT2D eigenvalue weighted by atomic mass is 10.2. The van der Waals surface area contributed by atoms with E-state index in [2.05, 4.69) is 0 Å². The lowest BCUT2D eigenvalue weighted by Gasteiger charge is -2.10. The summed E-state index contributed by atoms with van der Waals surface area (Å²) in [6.07, 6.45) is 0. The summed E-state index contributed by atoms with van der Waals surface area (Å²) in [5.41, 5.74) is 0.719. The lowest BCUT2D eigenvalue weighted by Crippen LogP contribution is -2.16. The van der Waals surface area contributed by atoms with Gasteiger partial charge in [-0.25, -0.2) is 16.6 Å². The highest BCUT2D eigenvalue weighted by molar-refractivity contribution is 7.90. The molecule has 8 heteroatoms. The fourth-order valence-corrected chi connectivity index (χ4v) is 5.26. The van der Waals surface area contributed by atoms with Crippen LogP contribution in [-0.2, 0) is 21.1 Å². The van der Waals surface area contributed by atoms with E-state index >= 15 is 0 Å². The second-order valence-electron chi connectivity index (χ2n) is 4.92. The van der Waals surface area contributed by atoms with Crippen LogP contribution in [0, 0.1) is 6.92 Å². The molecule has 0 bridgehead atoms. The minimum absolute atomic E-state index is 0.0403. The van der Waals surface area contributed by atoms with E-state index in [1.54, 1.807) is 37.3 Å². The first-order valence-electron chi connectivity index (χ1n) is 6.56. The molecule has 1 N–H and O–H groups in total. The van der Waals surface area contributed by atoms with Crippen LogP contribution >= 0.6 is 11.6 Å². The monoisotopic (exact) mass is 369 g/mol. The van der Waals surface area contributed by atoms with E-state index in [1.807, 2.05) is 0 Å². The molecule has 0 aliphatic carbocycles. The Bertz CT molecular complexity index is 1030. The van der Waals surface area contributed by atoms with Crippen molar-refractivity contribution in [1.29, 1.82) is 0 Å². The quantitative estimate of drug-likeness (QED) is 0.717. The van der Waals surface area contributed by atoms with Crippen LogP contribution in [0.3, 0.4) is 0 Å². The molecule has 2 aromatic carbocycles. The van der Waals surface area contributed by atoms with Gasteiger partial charge in [0.25, 0.3) is 10.0 Å². The van der Waals surface area contributed by atoms with Gasteiger partial charge in [-0.05, 0) is 42.8 Å². The van der Waals surface area contributed by atoms with Gasteiger partial charge in [0.1, 0.15) is 0 Å². The van der Waals surface area contributed by atoms with Crippen LogP contribution in [0.1, 0.15) is 5.56 Å². The molecule has 0 aliphatic heterocycles. The molecule has 0 radical (unpaired) electrons. The van der Waals surface area contributed by atoms with Crippen molar-refractivity contribution in [3.8, 4) is 0 Å². The zero-order chi connectivity index (χ0) is 16.8. The van der Waals surface area contributed by atoms with Gasteiger partial charge in [0.2, 0.25) is 11.1 Å². The number of nitrogens with zero attached hydrogens (tertiary/aromatic N) is 1. The highest BCUT2D eigenvalue weighted by Gasteiger charge is 2.28. The van der Waals surface area contributed by atoms with E-state index in [0.717, 1.165) is 3.97 Å². The van der Waals surface area contributed by atoms with E-state index in [1.165, 1.54) is 18.2 Å². The van der Waals surface area contributed by atoms with Crippen molar-refractivity contribution in [3.63, 3.8) is 0 Å². The Kier molecular flexibility index (Phi) is 4.05. The van der Waals surface area contributed by atoms with Crippen LogP contribution in [0.5, 0.6) is 0 Å². The number of benzene rings is 2. The van der Waals surface area contributed by atoms with Gasteiger partial charge in [0, 0.05) is 10.4 Å². The van der Waals surface area contributed by atoms with E-state index < -0.39 is 21.1 Å². The molecule has 1 atom stereocenters. The molecule has 23 heavy (non-hydrogen) atoms.